The van der Waals surface area contributed by atoms with E-state index < -0.39 is 0 Å². The van der Waals surface area contributed by atoms with Gasteiger partial charge in [0, 0.05) is 25.7 Å². The number of methoxy groups -OCH3 is 1. The zero-order valence-corrected chi connectivity index (χ0v) is 16.8. The number of benzene rings is 1. The van der Waals surface area contributed by atoms with Crippen molar-refractivity contribution in [1.82, 2.24) is 15.5 Å². The second-order valence-corrected chi connectivity index (χ2v) is 6.84. The summed E-state index contributed by atoms with van der Waals surface area (Å²) in [5.74, 6) is 1.65. The van der Waals surface area contributed by atoms with Gasteiger partial charge in [0.25, 0.3) is 0 Å². The number of nitrogens with one attached hydrogen (secondary N) is 2. The molecule has 1 aliphatic rings. The molecule has 2 rings (SSSR count). The predicted octanol–water partition coefficient (Wildman–Crippen LogP) is 2.55. The Morgan fingerprint density at radius 2 is 2.11 bits per heavy atom. The van der Waals surface area contributed by atoms with Crippen LogP contribution in [-0.4, -0.2) is 62.4 Å². The zero-order valence-electron chi connectivity index (χ0n) is 16.8. The van der Waals surface area contributed by atoms with E-state index in [4.69, 9.17) is 9.47 Å². The number of aliphatic imine (C=N–C) groups is 1. The summed E-state index contributed by atoms with van der Waals surface area (Å²) in [6.07, 6.45) is 1.46. The summed E-state index contributed by atoms with van der Waals surface area (Å²) < 4.78 is 10.7. The predicted molar refractivity (Wildman–Crippen MR) is 107 cm³/mol. The summed E-state index contributed by atoms with van der Waals surface area (Å²) in [6.45, 7) is 8.85. The highest BCUT2D eigenvalue weighted by Gasteiger charge is 2.23. The number of piperidine rings is 1. The minimum absolute atomic E-state index is 0.0246. The molecule has 7 heteroatoms. The van der Waals surface area contributed by atoms with E-state index in [0.717, 1.165) is 31.1 Å². The monoisotopic (exact) mass is 376 g/mol. The smallest absolute Gasteiger partial charge is 0.409 e. The Kier molecular flexibility index (Phi) is 8.23. The molecule has 1 atom stereocenters. The fourth-order valence-electron chi connectivity index (χ4n) is 3.03. The summed E-state index contributed by atoms with van der Waals surface area (Å²) in [5.41, 5.74) is 1.18. The maximum atomic E-state index is 11.6. The summed E-state index contributed by atoms with van der Waals surface area (Å²) in [7, 11) is 1.42. The largest absolute Gasteiger partial charge is 0.489 e. The molecule has 150 valence electrons. The van der Waals surface area contributed by atoms with E-state index >= 15 is 0 Å². The van der Waals surface area contributed by atoms with Gasteiger partial charge in [0.05, 0.1) is 13.7 Å². The van der Waals surface area contributed by atoms with E-state index in [1.54, 1.807) is 4.90 Å². The Labute approximate surface area is 162 Å². The fourth-order valence-corrected chi connectivity index (χ4v) is 3.03. The lowest BCUT2D eigenvalue weighted by Gasteiger charge is -2.32. The van der Waals surface area contributed by atoms with Crippen LogP contribution in [0.3, 0.4) is 0 Å². The fraction of sp³-hybridized carbons (Fsp3) is 0.600. The Morgan fingerprint density at radius 3 is 2.74 bits per heavy atom. The van der Waals surface area contributed by atoms with E-state index in [0.29, 0.717) is 19.6 Å². The number of amides is 1. The van der Waals surface area contributed by atoms with Crippen LogP contribution < -0.4 is 15.4 Å². The van der Waals surface area contributed by atoms with Gasteiger partial charge in [0.15, 0.2) is 5.96 Å². The van der Waals surface area contributed by atoms with Crippen molar-refractivity contribution in [2.75, 3.05) is 33.3 Å². The van der Waals surface area contributed by atoms with Crippen molar-refractivity contribution >= 4 is 12.1 Å². The second kappa shape index (κ2) is 10.6. The number of ether oxygens (including phenoxy) is 2. The van der Waals surface area contributed by atoms with Crippen molar-refractivity contribution in [3.05, 3.63) is 29.8 Å². The molecule has 1 amide bonds. The lowest BCUT2D eigenvalue weighted by Crippen LogP contribution is -2.50. The first-order chi connectivity index (χ1) is 13.0. The molecule has 1 fully saturated rings. The number of guanidine groups is 1. The Hall–Kier alpha value is -2.44. The summed E-state index contributed by atoms with van der Waals surface area (Å²) in [5, 5.41) is 6.75. The molecule has 1 unspecified atom stereocenters. The van der Waals surface area contributed by atoms with Gasteiger partial charge < -0.3 is 25.0 Å². The van der Waals surface area contributed by atoms with Crippen LogP contribution in [0.4, 0.5) is 4.79 Å². The molecule has 0 bridgehead atoms. The standard InChI is InChI=1S/C20H32N4O3/c1-5-21-19(23-17-9-11-24(12-10-17)20(25)26-4)22-14-16(3)27-18-8-6-7-15(2)13-18/h6-8,13,16-17H,5,9-12,14H2,1-4H3,(H2,21,22,23). The SMILES string of the molecule is CCNC(=NCC(C)Oc1cccc(C)c1)NC1CCN(C(=O)OC)CC1. The lowest BCUT2D eigenvalue weighted by atomic mass is 10.1. The minimum atomic E-state index is -0.254. The first kappa shape index (κ1) is 20.9. The van der Waals surface area contributed by atoms with Crippen LogP contribution in [-0.2, 0) is 4.74 Å². The molecule has 0 aliphatic carbocycles. The number of aryl methyl sites for hydroxylation is 1. The summed E-state index contributed by atoms with van der Waals surface area (Å²) in [4.78, 5) is 18.0. The molecule has 0 radical (unpaired) electrons. The highest BCUT2D eigenvalue weighted by atomic mass is 16.5. The van der Waals surface area contributed by atoms with E-state index in [9.17, 15) is 4.79 Å². The number of carbonyl (C=O) groups excluding carboxylic acids is 1. The molecule has 1 aromatic carbocycles. The highest BCUT2D eigenvalue weighted by molar-refractivity contribution is 5.80. The third-order valence-corrected chi connectivity index (χ3v) is 4.45. The van der Waals surface area contributed by atoms with Crippen LogP contribution >= 0.6 is 0 Å². The van der Waals surface area contributed by atoms with Gasteiger partial charge in [-0.05, 0) is 51.3 Å². The number of hydrogen-bond donors (Lipinski definition) is 2. The molecule has 1 saturated heterocycles. The number of nitrogens with zero attached hydrogens (tertiary/aromatic N) is 2. The molecule has 0 aromatic heterocycles. The summed E-state index contributed by atoms with van der Waals surface area (Å²) in [6, 6.07) is 8.32. The van der Waals surface area contributed by atoms with Crippen molar-refractivity contribution in [3.63, 3.8) is 0 Å². The number of carbonyl (C=O) groups is 1. The third kappa shape index (κ3) is 7.00. The Morgan fingerprint density at radius 1 is 1.37 bits per heavy atom. The van der Waals surface area contributed by atoms with Gasteiger partial charge in [-0.1, -0.05) is 12.1 Å². The normalized spacial score (nSPS) is 16.6. The highest BCUT2D eigenvalue weighted by Crippen LogP contribution is 2.14. The van der Waals surface area contributed by atoms with Crippen LogP contribution in [0.1, 0.15) is 32.3 Å². The molecule has 27 heavy (non-hydrogen) atoms. The van der Waals surface area contributed by atoms with E-state index in [-0.39, 0.29) is 18.2 Å². The quantitative estimate of drug-likeness (QED) is 0.589. The van der Waals surface area contributed by atoms with Crippen molar-refractivity contribution < 1.29 is 14.3 Å². The van der Waals surface area contributed by atoms with Gasteiger partial charge >= 0.3 is 6.09 Å². The van der Waals surface area contributed by atoms with Crippen LogP contribution in [0.2, 0.25) is 0 Å². The second-order valence-electron chi connectivity index (χ2n) is 6.84. The van der Waals surface area contributed by atoms with Crippen LogP contribution in [0.5, 0.6) is 5.75 Å². The average molecular weight is 377 g/mol. The lowest BCUT2D eigenvalue weighted by molar-refractivity contribution is 0.111. The molecule has 1 aromatic rings. The Bertz CT molecular complexity index is 627. The number of likely N-dealkylation sites (tertiary alicyclic amines) is 1. The molecule has 1 heterocycles. The molecule has 2 N–H and O–H groups in total. The summed E-state index contributed by atoms with van der Waals surface area (Å²) >= 11 is 0. The van der Waals surface area contributed by atoms with Crippen molar-refractivity contribution in [3.8, 4) is 5.75 Å². The first-order valence-corrected chi connectivity index (χ1v) is 9.63. The molecule has 1 aliphatic heterocycles. The van der Waals surface area contributed by atoms with E-state index in [1.165, 1.54) is 12.7 Å². The maximum absolute atomic E-state index is 11.6. The third-order valence-electron chi connectivity index (χ3n) is 4.45. The van der Waals surface area contributed by atoms with Gasteiger partial charge in [0.2, 0.25) is 0 Å². The topological polar surface area (TPSA) is 75.2 Å². The van der Waals surface area contributed by atoms with Gasteiger partial charge in [0.1, 0.15) is 11.9 Å². The van der Waals surface area contributed by atoms with Crippen LogP contribution in [0, 0.1) is 6.92 Å². The average Bonchev–Trinajstić information content (AvgIpc) is 2.66. The van der Waals surface area contributed by atoms with Crippen molar-refractivity contribution in [1.29, 1.82) is 0 Å². The first-order valence-electron chi connectivity index (χ1n) is 9.63. The van der Waals surface area contributed by atoms with Gasteiger partial charge in [-0.15, -0.1) is 0 Å². The number of hydrogen-bond acceptors (Lipinski definition) is 4. The van der Waals surface area contributed by atoms with Gasteiger partial charge in [-0.2, -0.15) is 0 Å². The van der Waals surface area contributed by atoms with Crippen LogP contribution in [0.25, 0.3) is 0 Å². The molecular weight excluding hydrogens is 344 g/mol. The Balaban J connectivity index is 1.84. The molecule has 0 saturated carbocycles. The molecular formula is C20H32N4O3. The zero-order chi connectivity index (χ0) is 19.6. The van der Waals surface area contributed by atoms with Crippen molar-refractivity contribution in [2.45, 2.75) is 45.8 Å². The molecule has 0 spiro atoms. The van der Waals surface area contributed by atoms with Gasteiger partial charge in [-0.3, -0.25) is 0 Å². The van der Waals surface area contributed by atoms with E-state index in [1.807, 2.05) is 45.0 Å². The minimum Gasteiger partial charge on any atom is -0.489 e. The van der Waals surface area contributed by atoms with E-state index in [2.05, 4.69) is 15.6 Å². The molecule has 7 nitrogen and oxygen atoms in total. The van der Waals surface area contributed by atoms with Crippen molar-refractivity contribution in [2.24, 2.45) is 4.99 Å². The van der Waals surface area contributed by atoms with Gasteiger partial charge in [-0.25, -0.2) is 9.79 Å². The number of rotatable bonds is 6. The van der Waals surface area contributed by atoms with Crippen LogP contribution in [0.15, 0.2) is 29.3 Å². The maximum Gasteiger partial charge on any atom is 0.409 e.